The van der Waals surface area contributed by atoms with Crippen LogP contribution in [-0.4, -0.2) is 47.6 Å². The second-order valence-electron chi connectivity index (χ2n) is 5.33. The summed E-state index contributed by atoms with van der Waals surface area (Å²) in [5, 5.41) is 6.86. The molecule has 0 unspecified atom stereocenters. The highest BCUT2D eigenvalue weighted by atomic mass is 15.1. The molecule has 0 amide bonds. The zero-order chi connectivity index (χ0) is 13.7. The number of anilines is 2. The van der Waals surface area contributed by atoms with Gasteiger partial charge in [-0.2, -0.15) is 0 Å². The van der Waals surface area contributed by atoms with Gasteiger partial charge in [0.2, 0.25) is 0 Å². The van der Waals surface area contributed by atoms with Crippen LogP contribution in [-0.2, 0) is 0 Å². The molecule has 2 rings (SSSR count). The topological polar surface area (TPSA) is 53.1 Å². The standard InChI is InChI=1S/C14H25N5/c1-4-7-15-13-10-14(17-11(2)16-13)18-12-5-8-19(3)9-6-12/h10,12H,4-9H2,1-3H3,(H2,15,16,17,18). The highest BCUT2D eigenvalue weighted by molar-refractivity contribution is 5.48. The molecule has 0 atom stereocenters. The zero-order valence-electron chi connectivity index (χ0n) is 12.2. The van der Waals surface area contributed by atoms with E-state index in [0.29, 0.717) is 6.04 Å². The Kier molecular flexibility index (Phi) is 4.96. The summed E-state index contributed by atoms with van der Waals surface area (Å²) in [6.07, 6.45) is 3.45. The van der Waals surface area contributed by atoms with Gasteiger partial charge in [-0.25, -0.2) is 9.97 Å². The van der Waals surface area contributed by atoms with Gasteiger partial charge in [0.05, 0.1) is 0 Å². The average Bonchev–Trinajstić information content (AvgIpc) is 2.38. The lowest BCUT2D eigenvalue weighted by Gasteiger charge is -2.29. The van der Waals surface area contributed by atoms with Gasteiger partial charge in [-0.15, -0.1) is 0 Å². The maximum atomic E-state index is 4.48. The van der Waals surface area contributed by atoms with Gasteiger partial charge in [-0.05, 0) is 46.3 Å². The van der Waals surface area contributed by atoms with Crippen molar-refractivity contribution in [3.63, 3.8) is 0 Å². The van der Waals surface area contributed by atoms with Crippen molar-refractivity contribution in [1.82, 2.24) is 14.9 Å². The van der Waals surface area contributed by atoms with Crippen molar-refractivity contribution in [2.75, 3.05) is 37.3 Å². The minimum atomic E-state index is 0.532. The first-order chi connectivity index (χ1) is 9.17. The van der Waals surface area contributed by atoms with Gasteiger partial charge in [-0.1, -0.05) is 6.92 Å². The minimum Gasteiger partial charge on any atom is -0.370 e. The fourth-order valence-electron chi connectivity index (χ4n) is 2.35. The lowest BCUT2D eigenvalue weighted by Crippen LogP contribution is -2.36. The molecule has 2 heterocycles. The zero-order valence-corrected chi connectivity index (χ0v) is 12.2. The first-order valence-electron chi connectivity index (χ1n) is 7.22. The summed E-state index contributed by atoms with van der Waals surface area (Å²) < 4.78 is 0. The molecule has 106 valence electrons. The van der Waals surface area contributed by atoms with Crippen LogP contribution in [0.4, 0.5) is 11.6 Å². The third kappa shape index (κ3) is 4.35. The molecule has 0 saturated carbocycles. The summed E-state index contributed by atoms with van der Waals surface area (Å²) in [6, 6.07) is 2.55. The molecule has 1 saturated heterocycles. The molecule has 5 heteroatoms. The molecule has 0 aliphatic carbocycles. The fourth-order valence-corrected chi connectivity index (χ4v) is 2.35. The first kappa shape index (κ1) is 14.1. The lowest BCUT2D eigenvalue weighted by molar-refractivity contribution is 0.263. The largest absolute Gasteiger partial charge is 0.370 e. The number of aryl methyl sites for hydroxylation is 1. The maximum Gasteiger partial charge on any atom is 0.132 e. The van der Waals surface area contributed by atoms with E-state index in [1.807, 2.05) is 13.0 Å². The molecule has 1 aliphatic rings. The highest BCUT2D eigenvalue weighted by Gasteiger charge is 2.17. The Balaban J connectivity index is 1.97. The van der Waals surface area contributed by atoms with E-state index in [9.17, 15) is 0 Å². The van der Waals surface area contributed by atoms with E-state index in [0.717, 1.165) is 43.5 Å². The molecule has 5 nitrogen and oxygen atoms in total. The van der Waals surface area contributed by atoms with E-state index in [1.165, 1.54) is 12.8 Å². The fraction of sp³-hybridized carbons (Fsp3) is 0.714. The van der Waals surface area contributed by atoms with E-state index in [4.69, 9.17) is 0 Å². The van der Waals surface area contributed by atoms with Crippen LogP contribution in [0.2, 0.25) is 0 Å². The summed E-state index contributed by atoms with van der Waals surface area (Å²) in [5.41, 5.74) is 0. The van der Waals surface area contributed by atoms with Crippen LogP contribution in [0.3, 0.4) is 0 Å². The Labute approximate surface area is 115 Å². The summed E-state index contributed by atoms with van der Waals surface area (Å²) in [6.45, 7) is 7.35. The molecule has 1 fully saturated rings. The minimum absolute atomic E-state index is 0.532. The Hall–Kier alpha value is -1.36. The van der Waals surface area contributed by atoms with Gasteiger partial charge in [0.15, 0.2) is 0 Å². The molecule has 1 aliphatic heterocycles. The van der Waals surface area contributed by atoms with Crippen molar-refractivity contribution in [2.45, 2.75) is 39.2 Å². The molecule has 2 N–H and O–H groups in total. The quantitative estimate of drug-likeness (QED) is 0.852. The predicted molar refractivity (Wildman–Crippen MR) is 79.7 cm³/mol. The van der Waals surface area contributed by atoms with Crippen LogP contribution >= 0.6 is 0 Å². The Morgan fingerprint density at radius 2 is 1.95 bits per heavy atom. The molecule has 19 heavy (non-hydrogen) atoms. The van der Waals surface area contributed by atoms with Crippen LogP contribution < -0.4 is 10.6 Å². The van der Waals surface area contributed by atoms with Crippen LogP contribution in [0.5, 0.6) is 0 Å². The lowest BCUT2D eigenvalue weighted by atomic mass is 10.1. The molecule has 0 radical (unpaired) electrons. The van der Waals surface area contributed by atoms with E-state index in [2.05, 4.69) is 39.5 Å². The van der Waals surface area contributed by atoms with Crippen LogP contribution in [0, 0.1) is 6.92 Å². The van der Waals surface area contributed by atoms with Crippen molar-refractivity contribution in [2.24, 2.45) is 0 Å². The van der Waals surface area contributed by atoms with Gasteiger partial charge in [-0.3, -0.25) is 0 Å². The molecule has 0 bridgehead atoms. The van der Waals surface area contributed by atoms with E-state index in [1.54, 1.807) is 0 Å². The first-order valence-corrected chi connectivity index (χ1v) is 7.22. The SMILES string of the molecule is CCCNc1cc(NC2CCN(C)CC2)nc(C)n1. The number of likely N-dealkylation sites (tertiary alicyclic amines) is 1. The van der Waals surface area contributed by atoms with Crippen molar-refractivity contribution >= 4 is 11.6 Å². The van der Waals surface area contributed by atoms with Crippen LogP contribution in [0.15, 0.2) is 6.07 Å². The maximum absolute atomic E-state index is 4.48. The van der Waals surface area contributed by atoms with Gasteiger partial charge < -0.3 is 15.5 Å². The monoisotopic (exact) mass is 263 g/mol. The number of piperidine rings is 1. The molecule has 1 aromatic rings. The number of rotatable bonds is 5. The molecule has 0 aromatic carbocycles. The summed E-state index contributed by atoms with van der Waals surface area (Å²) >= 11 is 0. The predicted octanol–water partition coefficient (Wildman–Crippen LogP) is 2.11. The van der Waals surface area contributed by atoms with Crippen molar-refractivity contribution in [3.8, 4) is 0 Å². The number of hydrogen-bond donors (Lipinski definition) is 2. The van der Waals surface area contributed by atoms with E-state index < -0.39 is 0 Å². The van der Waals surface area contributed by atoms with Crippen molar-refractivity contribution in [1.29, 1.82) is 0 Å². The van der Waals surface area contributed by atoms with Gasteiger partial charge in [0, 0.05) is 18.7 Å². The molecule has 0 spiro atoms. The molecular formula is C14H25N5. The average molecular weight is 263 g/mol. The third-order valence-corrected chi connectivity index (χ3v) is 3.46. The van der Waals surface area contributed by atoms with Gasteiger partial charge >= 0.3 is 0 Å². The highest BCUT2D eigenvalue weighted by Crippen LogP contribution is 2.16. The summed E-state index contributed by atoms with van der Waals surface area (Å²) in [4.78, 5) is 11.3. The van der Waals surface area contributed by atoms with E-state index >= 15 is 0 Å². The van der Waals surface area contributed by atoms with Gasteiger partial charge in [0.25, 0.3) is 0 Å². The number of hydrogen-bond acceptors (Lipinski definition) is 5. The Bertz CT molecular complexity index is 399. The smallest absolute Gasteiger partial charge is 0.132 e. The second kappa shape index (κ2) is 6.70. The second-order valence-corrected chi connectivity index (χ2v) is 5.33. The Morgan fingerprint density at radius 1 is 1.26 bits per heavy atom. The molecule has 1 aromatic heterocycles. The van der Waals surface area contributed by atoms with Crippen molar-refractivity contribution in [3.05, 3.63) is 11.9 Å². The van der Waals surface area contributed by atoms with Crippen LogP contribution in [0.1, 0.15) is 32.0 Å². The van der Waals surface area contributed by atoms with Crippen LogP contribution in [0.25, 0.3) is 0 Å². The number of nitrogens with zero attached hydrogens (tertiary/aromatic N) is 3. The Morgan fingerprint density at radius 3 is 2.63 bits per heavy atom. The normalized spacial score (nSPS) is 17.4. The number of nitrogens with one attached hydrogen (secondary N) is 2. The number of aromatic nitrogens is 2. The summed E-state index contributed by atoms with van der Waals surface area (Å²) in [5.74, 6) is 2.68. The summed E-state index contributed by atoms with van der Waals surface area (Å²) in [7, 11) is 2.18. The third-order valence-electron chi connectivity index (χ3n) is 3.46. The van der Waals surface area contributed by atoms with Crippen molar-refractivity contribution < 1.29 is 0 Å². The van der Waals surface area contributed by atoms with E-state index in [-0.39, 0.29) is 0 Å². The van der Waals surface area contributed by atoms with Gasteiger partial charge in [0.1, 0.15) is 17.5 Å². The molecular weight excluding hydrogens is 238 g/mol.